The number of ether oxygens (including phenoxy) is 1. The van der Waals surface area contributed by atoms with E-state index in [0.29, 0.717) is 22.1 Å². The number of pyridine rings is 1. The van der Waals surface area contributed by atoms with Gasteiger partial charge in [-0.3, -0.25) is 0 Å². The number of benzene rings is 1. The number of rotatable bonds is 5. The molecule has 0 bridgehead atoms. The van der Waals surface area contributed by atoms with Gasteiger partial charge in [0.05, 0.1) is 0 Å². The summed E-state index contributed by atoms with van der Waals surface area (Å²) in [5, 5.41) is 9.63. The van der Waals surface area contributed by atoms with Crippen LogP contribution < -0.4 is 4.59 Å². The average molecular weight is 359 g/mol. The first kappa shape index (κ1) is 16.2. The van der Waals surface area contributed by atoms with Crippen molar-refractivity contribution < 1.29 is 9.53 Å². The minimum absolute atomic E-state index is 0.215. The number of hydrogen-bond acceptors (Lipinski definition) is 4. The molecule has 0 saturated heterocycles. The van der Waals surface area contributed by atoms with Crippen LogP contribution in [0.1, 0.15) is 18.1 Å². The molecule has 1 aromatic carbocycles. The molecular formula is C17H16N2O2Se. The predicted molar refractivity (Wildman–Crippen MR) is 86.0 cm³/mol. The Morgan fingerprint density at radius 3 is 2.73 bits per heavy atom. The zero-order chi connectivity index (χ0) is 15.9. The molecular weight excluding hydrogens is 343 g/mol. The van der Waals surface area contributed by atoms with Gasteiger partial charge in [0.25, 0.3) is 0 Å². The third-order valence-electron chi connectivity index (χ3n) is 3.00. The van der Waals surface area contributed by atoms with Gasteiger partial charge in [-0.15, -0.1) is 0 Å². The molecule has 0 aliphatic rings. The van der Waals surface area contributed by atoms with E-state index in [1.54, 1.807) is 6.92 Å². The van der Waals surface area contributed by atoms with Gasteiger partial charge in [0.2, 0.25) is 0 Å². The van der Waals surface area contributed by atoms with E-state index in [1.807, 2.05) is 43.3 Å². The molecule has 0 aliphatic carbocycles. The Labute approximate surface area is 136 Å². The summed E-state index contributed by atoms with van der Waals surface area (Å²) < 4.78 is 5.66. The van der Waals surface area contributed by atoms with E-state index in [9.17, 15) is 10.1 Å². The molecule has 0 radical (unpaired) electrons. The standard InChI is InChI=1S/C17H16N2O2Se/c1-3-21-16(20)11-22-17-14(10-18)12(2)9-15(19-17)13-7-5-4-6-8-13/h4-9H,3,11H2,1-2H3. The Hall–Kier alpha value is -2.15. The van der Waals surface area contributed by atoms with Crippen molar-refractivity contribution in [3.63, 3.8) is 0 Å². The number of hydrogen-bond donors (Lipinski definition) is 0. The van der Waals surface area contributed by atoms with E-state index in [0.717, 1.165) is 16.8 Å². The van der Waals surface area contributed by atoms with Crippen molar-refractivity contribution in [1.29, 1.82) is 5.26 Å². The molecule has 0 N–H and O–H groups in total. The van der Waals surface area contributed by atoms with Crippen molar-refractivity contribution in [3.05, 3.63) is 47.5 Å². The van der Waals surface area contributed by atoms with Crippen molar-refractivity contribution in [2.24, 2.45) is 0 Å². The molecule has 4 nitrogen and oxygen atoms in total. The topological polar surface area (TPSA) is 63.0 Å². The number of carbonyl (C=O) groups is 1. The molecule has 5 heteroatoms. The molecule has 112 valence electrons. The molecule has 1 aromatic heterocycles. The van der Waals surface area contributed by atoms with Crippen LogP contribution in [0.5, 0.6) is 0 Å². The molecule has 0 atom stereocenters. The van der Waals surface area contributed by atoms with Crippen molar-refractivity contribution in [2.45, 2.75) is 19.2 Å². The fourth-order valence-corrected chi connectivity index (χ4v) is 3.76. The molecule has 2 rings (SSSR count). The van der Waals surface area contributed by atoms with Gasteiger partial charge < -0.3 is 0 Å². The fraction of sp³-hybridized carbons (Fsp3) is 0.235. The van der Waals surface area contributed by atoms with Crippen LogP contribution in [0.15, 0.2) is 36.4 Å². The summed E-state index contributed by atoms with van der Waals surface area (Å²) >= 11 is -0.215. The van der Waals surface area contributed by atoms with Crippen LogP contribution in [0.3, 0.4) is 0 Å². The fourth-order valence-electron chi connectivity index (χ4n) is 1.97. The molecule has 0 fully saturated rings. The molecule has 22 heavy (non-hydrogen) atoms. The van der Waals surface area contributed by atoms with Crippen molar-refractivity contribution in [2.75, 3.05) is 6.61 Å². The van der Waals surface area contributed by atoms with E-state index in [1.165, 1.54) is 0 Å². The number of aromatic nitrogens is 1. The normalized spacial score (nSPS) is 10.0. The van der Waals surface area contributed by atoms with Gasteiger partial charge in [0.15, 0.2) is 0 Å². The van der Waals surface area contributed by atoms with Crippen LogP contribution >= 0.6 is 0 Å². The first-order valence-corrected chi connectivity index (χ1v) is 8.98. The molecule has 0 spiro atoms. The SMILES string of the molecule is CCOC(=O)C[Se]c1nc(-c2ccccc2)cc(C)c1C#N. The molecule has 0 unspecified atom stereocenters. The molecule has 0 amide bonds. The van der Waals surface area contributed by atoms with E-state index in [2.05, 4.69) is 11.1 Å². The Morgan fingerprint density at radius 1 is 1.36 bits per heavy atom. The maximum atomic E-state index is 11.5. The Morgan fingerprint density at radius 2 is 2.09 bits per heavy atom. The summed E-state index contributed by atoms with van der Waals surface area (Å²) in [6.07, 6.45) is 0. The molecule has 1 heterocycles. The molecule has 0 saturated carbocycles. The van der Waals surface area contributed by atoms with Crippen LogP contribution in [0.2, 0.25) is 5.32 Å². The summed E-state index contributed by atoms with van der Waals surface area (Å²) in [4.78, 5) is 16.1. The summed E-state index contributed by atoms with van der Waals surface area (Å²) in [5.74, 6) is -0.240. The maximum absolute atomic E-state index is 11.5. The second-order valence-corrected chi connectivity index (χ2v) is 6.60. The average Bonchev–Trinajstić information content (AvgIpc) is 2.53. The van der Waals surface area contributed by atoms with Crippen molar-refractivity contribution in [3.8, 4) is 17.3 Å². The van der Waals surface area contributed by atoms with Crippen LogP contribution in [0.4, 0.5) is 0 Å². The van der Waals surface area contributed by atoms with Crippen LogP contribution in [0.25, 0.3) is 11.3 Å². The first-order chi connectivity index (χ1) is 10.7. The minimum atomic E-state index is -0.240. The van der Waals surface area contributed by atoms with Crippen molar-refractivity contribution >= 4 is 25.5 Å². The summed E-state index contributed by atoms with van der Waals surface area (Å²) in [5.41, 5.74) is 3.29. The van der Waals surface area contributed by atoms with Gasteiger partial charge in [-0.25, -0.2) is 0 Å². The van der Waals surface area contributed by atoms with Crippen LogP contribution in [-0.2, 0) is 9.53 Å². The predicted octanol–water partition coefficient (Wildman–Crippen LogP) is 2.24. The Bertz CT molecular complexity index is 709. The van der Waals surface area contributed by atoms with Crippen LogP contribution in [0, 0.1) is 18.3 Å². The zero-order valence-corrected chi connectivity index (χ0v) is 14.2. The van der Waals surface area contributed by atoms with E-state index in [-0.39, 0.29) is 20.9 Å². The number of esters is 1. The Balaban J connectivity index is 2.33. The van der Waals surface area contributed by atoms with Gasteiger partial charge >= 0.3 is 136 Å². The number of carbonyl (C=O) groups excluding carboxylic acids is 1. The third kappa shape index (κ3) is 3.94. The quantitative estimate of drug-likeness (QED) is 0.607. The molecule has 0 aliphatic heterocycles. The first-order valence-electron chi connectivity index (χ1n) is 6.91. The van der Waals surface area contributed by atoms with Gasteiger partial charge in [0, 0.05) is 0 Å². The molecule has 2 aromatic rings. The zero-order valence-electron chi connectivity index (χ0n) is 12.5. The monoisotopic (exact) mass is 360 g/mol. The van der Waals surface area contributed by atoms with Gasteiger partial charge in [-0.2, -0.15) is 0 Å². The summed E-state index contributed by atoms with van der Waals surface area (Å²) in [7, 11) is 0. The number of aryl methyl sites for hydroxylation is 1. The van der Waals surface area contributed by atoms with E-state index in [4.69, 9.17) is 4.74 Å². The third-order valence-corrected chi connectivity index (χ3v) is 4.99. The Kier molecular flexibility index (Phi) is 5.71. The van der Waals surface area contributed by atoms with E-state index < -0.39 is 0 Å². The number of nitriles is 1. The second kappa shape index (κ2) is 7.74. The van der Waals surface area contributed by atoms with Crippen molar-refractivity contribution in [1.82, 2.24) is 4.98 Å². The summed E-state index contributed by atoms with van der Waals surface area (Å²) in [6, 6.07) is 13.9. The summed E-state index contributed by atoms with van der Waals surface area (Å²) in [6.45, 7) is 4.05. The van der Waals surface area contributed by atoms with Gasteiger partial charge in [-0.1, -0.05) is 0 Å². The van der Waals surface area contributed by atoms with Gasteiger partial charge in [0.1, 0.15) is 0 Å². The van der Waals surface area contributed by atoms with E-state index >= 15 is 0 Å². The number of nitrogens with zero attached hydrogens (tertiary/aromatic N) is 2. The van der Waals surface area contributed by atoms with Gasteiger partial charge in [-0.05, 0) is 0 Å². The van der Waals surface area contributed by atoms with Crippen LogP contribution in [-0.4, -0.2) is 32.5 Å². The second-order valence-electron chi connectivity index (χ2n) is 4.58.